The van der Waals surface area contributed by atoms with Crippen LogP contribution in [0.1, 0.15) is 28.4 Å². The summed E-state index contributed by atoms with van der Waals surface area (Å²) in [6.45, 7) is 5.50. The number of hydrogen-bond donors (Lipinski definition) is 3. The first-order chi connectivity index (χ1) is 7.93. The van der Waals surface area contributed by atoms with E-state index < -0.39 is 6.04 Å². The van der Waals surface area contributed by atoms with Crippen molar-refractivity contribution in [3.8, 4) is 0 Å². The third-order valence-corrected chi connectivity index (χ3v) is 2.39. The van der Waals surface area contributed by atoms with E-state index in [1.54, 1.807) is 19.1 Å². The van der Waals surface area contributed by atoms with E-state index >= 15 is 0 Å². The van der Waals surface area contributed by atoms with Crippen molar-refractivity contribution < 1.29 is 10.0 Å². The third-order valence-electron chi connectivity index (χ3n) is 2.39. The molecule has 0 spiro atoms. The van der Waals surface area contributed by atoms with Crippen molar-refractivity contribution in [2.45, 2.75) is 26.8 Å². The Bertz CT molecular complexity index is 435. The normalized spacial score (nSPS) is 13.2. The SMILES string of the molecule is Cc1cc(C)cc(C(=O)NC(C)/C(N)=N/O)c1. The molecule has 0 aromatic heterocycles. The molecule has 0 saturated heterocycles. The lowest BCUT2D eigenvalue weighted by molar-refractivity contribution is 0.0948. The molecule has 1 aromatic carbocycles. The lowest BCUT2D eigenvalue weighted by Crippen LogP contribution is -2.42. The molecule has 17 heavy (non-hydrogen) atoms. The molecule has 0 bridgehead atoms. The zero-order valence-electron chi connectivity index (χ0n) is 10.2. The van der Waals surface area contributed by atoms with E-state index in [9.17, 15) is 4.79 Å². The second-order valence-electron chi connectivity index (χ2n) is 4.10. The number of nitrogens with two attached hydrogens (primary N) is 1. The standard InChI is InChI=1S/C12H17N3O2/c1-7-4-8(2)6-10(5-7)12(16)14-9(3)11(13)15-17/h4-6,9,17H,1-3H3,(H2,13,15)(H,14,16). The minimum absolute atomic E-state index is 0.0253. The zero-order chi connectivity index (χ0) is 13.0. The van der Waals surface area contributed by atoms with Crippen LogP contribution in [0.3, 0.4) is 0 Å². The van der Waals surface area contributed by atoms with Gasteiger partial charge in [-0.2, -0.15) is 0 Å². The molecule has 0 aliphatic rings. The molecule has 0 radical (unpaired) electrons. The molecule has 5 nitrogen and oxygen atoms in total. The number of rotatable bonds is 3. The first kappa shape index (κ1) is 13.0. The summed E-state index contributed by atoms with van der Waals surface area (Å²) < 4.78 is 0. The van der Waals surface area contributed by atoms with Gasteiger partial charge < -0.3 is 16.3 Å². The van der Waals surface area contributed by atoms with Gasteiger partial charge in [0, 0.05) is 5.56 Å². The summed E-state index contributed by atoms with van der Waals surface area (Å²) in [6.07, 6.45) is 0. The number of benzene rings is 1. The summed E-state index contributed by atoms with van der Waals surface area (Å²) in [5.74, 6) is -0.265. The van der Waals surface area contributed by atoms with Crippen LogP contribution in [0.2, 0.25) is 0 Å². The number of amidine groups is 1. The maximum Gasteiger partial charge on any atom is 0.251 e. The Kier molecular flexibility index (Phi) is 4.09. The van der Waals surface area contributed by atoms with Crippen LogP contribution in [0.5, 0.6) is 0 Å². The Morgan fingerprint density at radius 2 is 1.88 bits per heavy atom. The number of amides is 1. The molecule has 0 heterocycles. The highest BCUT2D eigenvalue weighted by molar-refractivity contribution is 5.98. The lowest BCUT2D eigenvalue weighted by Gasteiger charge is -2.12. The molecule has 1 aromatic rings. The summed E-state index contributed by atoms with van der Waals surface area (Å²) in [5.41, 5.74) is 8.00. The number of hydrogen-bond acceptors (Lipinski definition) is 3. The van der Waals surface area contributed by atoms with Crippen molar-refractivity contribution in [3.63, 3.8) is 0 Å². The van der Waals surface area contributed by atoms with Gasteiger partial charge in [-0.1, -0.05) is 22.3 Å². The smallest absolute Gasteiger partial charge is 0.251 e. The number of aryl methyl sites for hydroxylation is 2. The fraction of sp³-hybridized carbons (Fsp3) is 0.333. The largest absolute Gasteiger partial charge is 0.409 e. The van der Waals surface area contributed by atoms with Gasteiger partial charge in [0.25, 0.3) is 5.91 Å². The number of nitrogens with one attached hydrogen (secondary N) is 1. The Morgan fingerprint density at radius 3 is 2.35 bits per heavy atom. The number of nitrogens with zero attached hydrogens (tertiary/aromatic N) is 1. The molecular formula is C12H17N3O2. The summed E-state index contributed by atoms with van der Waals surface area (Å²) in [4.78, 5) is 11.9. The van der Waals surface area contributed by atoms with Crippen LogP contribution in [0.15, 0.2) is 23.4 Å². The van der Waals surface area contributed by atoms with Crippen LogP contribution in [0.25, 0.3) is 0 Å². The number of oxime groups is 1. The van der Waals surface area contributed by atoms with Gasteiger partial charge in [0.2, 0.25) is 0 Å². The summed E-state index contributed by atoms with van der Waals surface area (Å²) in [7, 11) is 0. The van der Waals surface area contributed by atoms with Crippen molar-refractivity contribution in [3.05, 3.63) is 34.9 Å². The molecule has 5 heteroatoms. The van der Waals surface area contributed by atoms with Crippen LogP contribution < -0.4 is 11.1 Å². The number of carbonyl (C=O) groups is 1. The van der Waals surface area contributed by atoms with Gasteiger partial charge in [0.1, 0.15) is 0 Å². The van der Waals surface area contributed by atoms with E-state index in [1.807, 2.05) is 19.9 Å². The second-order valence-corrected chi connectivity index (χ2v) is 4.10. The van der Waals surface area contributed by atoms with Crippen LogP contribution >= 0.6 is 0 Å². The fourth-order valence-electron chi connectivity index (χ4n) is 1.55. The van der Waals surface area contributed by atoms with Gasteiger partial charge in [-0.05, 0) is 32.9 Å². The molecule has 1 rings (SSSR count). The average molecular weight is 235 g/mol. The van der Waals surface area contributed by atoms with Crippen LogP contribution in [-0.4, -0.2) is 23.0 Å². The maximum atomic E-state index is 11.9. The quantitative estimate of drug-likeness (QED) is 0.318. The average Bonchev–Trinajstić information content (AvgIpc) is 2.26. The molecule has 0 aliphatic heterocycles. The third kappa shape index (κ3) is 3.48. The van der Waals surface area contributed by atoms with E-state index in [2.05, 4.69) is 10.5 Å². The van der Waals surface area contributed by atoms with Crippen molar-refractivity contribution in [1.29, 1.82) is 0 Å². The van der Waals surface area contributed by atoms with E-state index in [-0.39, 0.29) is 11.7 Å². The van der Waals surface area contributed by atoms with Gasteiger partial charge in [0.15, 0.2) is 5.84 Å². The Hall–Kier alpha value is -2.04. The molecular weight excluding hydrogens is 218 g/mol. The summed E-state index contributed by atoms with van der Waals surface area (Å²) in [6, 6.07) is 5.07. The Labute approximate surface area is 100 Å². The summed E-state index contributed by atoms with van der Waals surface area (Å²) in [5, 5.41) is 14.0. The molecule has 1 amide bonds. The van der Waals surface area contributed by atoms with Crippen molar-refractivity contribution in [2.75, 3.05) is 0 Å². The highest BCUT2D eigenvalue weighted by Gasteiger charge is 2.13. The first-order valence-corrected chi connectivity index (χ1v) is 5.30. The van der Waals surface area contributed by atoms with Crippen molar-refractivity contribution >= 4 is 11.7 Å². The highest BCUT2D eigenvalue weighted by Crippen LogP contribution is 2.08. The highest BCUT2D eigenvalue weighted by atomic mass is 16.4. The van der Waals surface area contributed by atoms with Gasteiger partial charge in [-0.3, -0.25) is 4.79 Å². The van der Waals surface area contributed by atoms with Gasteiger partial charge >= 0.3 is 0 Å². The number of carbonyl (C=O) groups excluding carboxylic acids is 1. The molecule has 0 saturated carbocycles. The lowest BCUT2D eigenvalue weighted by atomic mass is 10.1. The van der Waals surface area contributed by atoms with E-state index in [1.165, 1.54) is 0 Å². The minimum atomic E-state index is -0.506. The van der Waals surface area contributed by atoms with E-state index in [4.69, 9.17) is 10.9 Å². The minimum Gasteiger partial charge on any atom is -0.409 e. The topological polar surface area (TPSA) is 87.7 Å². The predicted octanol–water partition coefficient (Wildman–Crippen LogP) is 1.17. The molecule has 0 aliphatic carbocycles. The predicted molar refractivity (Wildman–Crippen MR) is 66.3 cm³/mol. The van der Waals surface area contributed by atoms with Crippen LogP contribution in [-0.2, 0) is 0 Å². The van der Waals surface area contributed by atoms with Gasteiger partial charge in [0.05, 0.1) is 6.04 Å². The maximum absolute atomic E-state index is 11.9. The molecule has 1 atom stereocenters. The van der Waals surface area contributed by atoms with Gasteiger partial charge in [-0.15, -0.1) is 0 Å². The molecule has 92 valence electrons. The molecule has 4 N–H and O–H groups in total. The van der Waals surface area contributed by atoms with E-state index in [0.29, 0.717) is 5.56 Å². The zero-order valence-corrected chi connectivity index (χ0v) is 10.2. The van der Waals surface area contributed by atoms with Crippen molar-refractivity contribution in [1.82, 2.24) is 5.32 Å². The molecule has 0 fully saturated rings. The Balaban J connectivity index is 2.83. The van der Waals surface area contributed by atoms with Crippen LogP contribution in [0.4, 0.5) is 0 Å². The Morgan fingerprint density at radius 1 is 1.35 bits per heavy atom. The van der Waals surface area contributed by atoms with E-state index in [0.717, 1.165) is 11.1 Å². The van der Waals surface area contributed by atoms with Crippen LogP contribution in [0, 0.1) is 13.8 Å². The second kappa shape index (κ2) is 5.34. The fourth-order valence-corrected chi connectivity index (χ4v) is 1.55. The van der Waals surface area contributed by atoms with Crippen molar-refractivity contribution in [2.24, 2.45) is 10.9 Å². The van der Waals surface area contributed by atoms with Gasteiger partial charge in [-0.25, -0.2) is 0 Å². The summed E-state index contributed by atoms with van der Waals surface area (Å²) >= 11 is 0. The molecule has 1 unspecified atom stereocenters. The first-order valence-electron chi connectivity index (χ1n) is 5.30. The monoisotopic (exact) mass is 235 g/mol.